The van der Waals surface area contributed by atoms with Crippen molar-refractivity contribution < 1.29 is 9.47 Å². The van der Waals surface area contributed by atoms with Crippen molar-refractivity contribution in [3.05, 3.63) is 36.2 Å². The van der Waals surface area contributed by atoms with E-state index in [-0.39, 0.29) is 0 Å². The minimum atomic E-state index is 0.554. The number of aromatic nitrogens is 2. The number of nitrogens with two attached hydrogens (primary N) is 1. The summed E-state index contributed by atoms with van der Waals surface area (Å²) in [6, 6.07) is 7.31. The molecule has 6 nitrogen and oxygen atoms in total. The first-order valence-corrected chi connectivity index (χ1v) is 6.84. The van der Waals surface area contributed by atoms with Gasteiger partial charge in [-0.05, 0) is 24.6 Å². The third kappa shape index (κ3) is 4.24. The summed E-state index contributed by atoms with van der Waals surface area (Å²) in [5.41, 5.74) is 7.46. The van der Waals surface area contributed by atoms with Crippen molar-refractivity contribution in [3.63, 3.8) is 0 Å². The van der Waals surface area contributed by atoms with Gasteiger partial charge in [0.2, 0.25) is 5.88 Å². The molecule has 2 rings (SSSR count). The Morgan fingerprint density at radius 3 is 2.86 bits per heavy atom. The van der Waals surface area contributed by atoms with Gasteiger partial charge in [0.25, 0.3) is 0 Å². The summed E-state index contributed by atoms with van der Waals surface area (Å²) in [6.45, 7) is 3.24. The molecule has 112 valence electrons. The summed E-state index contributed by atoms with van der Waals surface area (Å²) >= 11 is 0. The molecule has 3 N–H and O–H groups in total. The zero-order valence-corrected chi connectivity index (χ0v) is 12.3. The molecule has 0 amide bonds. The lowest BCUT2D eigenvalue weighted by Crippen LogP contribution is -2.05. The second kappa shape index (κ2) is 7.33. The van der Waals surface area contributed by atoms with Crippen molar-refractivity contribution >= 4 is 11.5 Å². The van der Waals surface area contributed by atoms with E-state index in [4.69, 9.17) is 15.2 Å². The van der Waals surface area contributed by atoms with E-state index in [9.17, 15) is 0 Å². The highest BCUT2D eigenvalue weighted by Gasteiger charge is 2.05. The van der Waals surface area contributed by atoms with Crippen LogP contribution in [-0.4, -0.2) is 23.7 Å². The van der Waals surface area contributed by atoms with Crippen molar-refractivity contribution in [2.75, 3.05) is 24.8 Å². The molecule has 21 heavy (non-hydrogen) atoms. The summed E-state index contributed by atoms with van der Waals surface area (Å²) < 4.78 is 10.8. The first kappa shape index (κ1) is 14.9. The van der Waals surface area contributed by atoms with Crippen LogP contribution in [0.2, 0.25) is 0 Å². The predicted octanol–water partition coefficient (Wildman–Crippen LogP) is 2.47. The van der Waals surface area contributed by atoms with Crippen LogP contribution in [0, 0.1) is 0 Å². The Kier molecular flexibility index (Phi) is 5.20. The monoisotopic (exact) mass is 288 g/mol. The summed E-state index contributed by atoms with van der Waals surface area (Å²) in [5, 5.41) is 3.21. The van der Waals surface area contributed by atoms with Crippen LogP contribution in [-0.2, 0) is 6.54 Å². The fourth-order valence-corrected chi connectivity index (χ4v) is 1.84. The summed E-state index contributed by atoms with van der Waals surface area (Å²) in [4.78, 5) is 8.23. The lowest BCUT2D eigenvalue weighted by molar-refractivity contribution is 0.305. The molecule has 0 aliphatic heterocycles. The largest absolute Gasteiger partial charge is 0.496 e. The van der Waals surface area contributed by atoms with Gasteiger partial charge in [-0.15, -0.1) is 0 Å². The Morgan fingerprint density at radius 1 is 1.24 bits per heavy atom. The van der Waals surface area contributed by atoms with Crippen LogP contribution in [0.1, 0.15) is 18.9 Å². The zero-order chi connectivity index (χ0) is 15.1. The maximum absolute atomic E-state index is 5.80. The Labute approximate surface area is 124 Å². The number of hydrogen-bond donors (Lipinski definition) is 2. The molecular weight excluding hydrogens is 268 g/mol. The molecule has 0 saturated carbocycles. The zero-order valence-electron chi connectivity index (χ0n) is 12.3. The van der Waals surface area contributed by atoms with Gasteiger partial charge < -0.3 is 20.5 Å². The normalized spacial score (nSPS) is 10.2. The Hall–Kier alpha value is -2.50. The van der Waals surface area contributed by atoms with Crippen LogP contribution >= 0.6 is 0 Å². The highest BCUT2D eigenvalue weighted by atomic mass is 16.5. The number of anilines is 2. The maximum Gasteiger partial charge on any atom is 0.218 e. The third-order valence-electron chi connectivity index (χ3n) is 2.86. The Balaban J connectivity index is 2.04. The summed E-state index contributed by atoms with van der Waals surface area (Å²) in [7, 11) is 1.64. The number of hydrogen-bond acceptors (Lipinski definition) is 6. The van der Waals surface area contributed by atoms with E-state index in [1.54, 1.807) is 13.2 Å². The molecule has 2 aromatic rings. The SMILES string of the molecule is CCCOc1cc(NCc2cc(N)ccc2OC)ncn1. The summed E-state index contributed by atoms with van der Waals surface area (Å²) in [5.74, 6) is 2.04. The summed E-state index contributed by atoms with van der Waals surface area (Å²) in [6.07, 6.45) is 2.41. The van der Waals surface area contributed by atoms with Crippen LogP contribution in [0.5, 0.6) is 11.6 Å². The molecule has 0 aliphatic carbocycles. The number of benzene rings is 1. The van der Waals surface area contributed by atoms with Gasteiger partial charge in [0.05, 0.1) is 13.7 Å². The van der Waals surface area contributed by atoms with E-state index in [2.05, 4.69) is 15.3 Å². The van der Waals surface area contributed by atoms with E-state index in [1.807, 2.05) is 25.1 Å². The molecule has 0 aliphatic rings. The van der Waals surface area contributed by atoms with Crippen LogP contribution in [0.4, 0.5) is 11.5 Å². The molecule has 0 atom stereocenters. The second-order valence-electron chi connectivity index (χ2n) is 4.51. The number of nitrogen functional groups attached to an aromatic ring is 1. The predicted molar refractivity (Wildman–Crippen MR) is 82.6 cm³/mol. The van der Waals surface area contributed by atoms with Crippen molar-refractivity contribution in [1.82, 2.24) is 9.97 Å². The van der Waals surface area contributed by atoms with E-state index >= 15 is 0 Å². The van der Waals surface area contributed by atoms with E-state index in [0.29, 0.717) is 30.5 Å². The second-order valence-corrected chi connectivity index (χ2v) is 4.51. The molecule has 1 heterocycles. The van der Waals surface area contributed by atoms with E-state index in [1.165, 1.54) is 6.33 Å². The van der Waals surface area contributed by atoms with Gasteiger partial charge in [-0.25, -0.2) is 9.97 Å². The van der Waals surface area contributed by atoms with Gasteiger partial charge in [-0.2, -0.15) is 0 Å². The Bertz CT molecular complexity index is 590. The molecule has 0 saturated heterocycles. The molecule has 1 aromatic heterocycles. The number of ether oxygens (including phenoxy) is 2. The number of nitrogens with one attached hydrogen (secondary N) is 1. The van der Waals surface area contributed by atoms with Crippen molar-refractivity contribution in [2.45, 2.75) is 19.9 Å². The molecular formula is C15H20N4O2. The molecule has 0 bridgehead atoms. The first-order chi connectivity index (χ1) is 10.2. The van der Waals surface area contributed by atoms with Gasteiger partial charge in [-0.3, -0.25) is 0 Å². The third-order valence-corrected chi connectivity index (χ3v) is 2.86. The van der Waals surface area contributed by atoms with Crippen molar-refractivity contribution in [1.29, 1.82) is 0 Å². The lowest BCUT2D eigenvalue weighted by Gasteiger charge is -2.11. The fraction of sp³-hybridized carbons (Fsp3) is 0.333. The van der Waals surface area contributed by atoms with Crippen LogP contribution in [0.3, 0.4) is 0 Å². The van der Waals surface area contributed by atoms with Crippen LogP contribution in [0.25, 0.3) is 0 Å². The number of nitrogens with zero attached hydrogens (tertiary/aromatic N) is 2. The maximum atomic E-state index is 5.80. The first-order valence-electron chi connectivity index (χ1n) is 6.84. The molecule has 0 spiro atoms. The highest BCUT2D eigenvalue weighted by molar-refractivity contribution is 5.49. The van der Waals surface area contributed by atoms with Gasteiger partial charge in [0, 0.05) is 23.9 Å². The van der Waals surface area contributed by atoms with Crippen molar-refractivity contribution in [3.8, 4) is 11.6 Å². The quantitative estimate of drug-likeness (QED) is 0.762. The number of methoxy groups -OCH3 is 1. The standard InChI is InChI=1S/C15H20N4O2/c1-3-6-21-15-8-14(18-10-19-15)17-9-11-7-12(16)4-5-13(11)20-2/h4-5,7-8,10H,3,6,9,16H2,1-2H3,(H,17,18,19). The van der Waals surface area contributed by atoms with Crippen LogP contribution in [0.15, 0.2) is 30.6 Å². The lowest BCUT2D eigenvalue weighted by atomic mass is 10.2. The molecule has 6 heteroatoms. The smallest absolute Gasteiger partial charge is 0.218 e. The topological polar surface area (TPSA) is 82.3 Å². The van der Waals surface area contributed by atoms with E-state index < -0.39 is 0 Å². The molecule has 1 aromatic carbocycles. The van der Waals surface area contributed by atoms with Crippen molar-refractivity contribution in [2.24, 2.45) is 0 Å². The van der Waals surface area contributed by atoms with Crippen LogP contribution < -0.4 is 20.5 Å². The minimum Gasteiger partial charge on any atom is -0.496 e. The molecule has 0 fully saturated rings. The van der Waals surface area contributed by atoms with Gasteiger partial charge in [-0.1, -0.05) is 6.92 Å². The molecule has 0 unspecified atom stereocenters. The minimum absolute atomic E-state index is 0.554. The van der Waals surface area contributed by atoms with E-state index in [0.717, 1.165) is 17.7 Å². The average Bonchev–Trinajstić information content (AvgIpc) is 2.51. The van der Waals surface area contributed by atoms with Gasteiger partial charge in [0.1, 0.15) is 17.9 Å². The highest BCUT2D eigenvalue weighted by Crippen LogP contribution is 2.22. The Morgan fingerprint density at radius 2 is 2.10 bits per heavy atom. The number of rotatable bonds is 7. The molecule has 0 radical (unpaired) electrons. The van der Waals surface area contributed by atoms with Gasteiger partial charge in [0.15, 0.2) is 0 Å². The average molecular weight is 288 g/mol. The fourth-order valence-electron chi connectivity index (χ4n) is 1.84. The van der Waals surface area contributed by atoms with Gasteiger partial charge >= 0.3 is 0 Å².